The van der Waals surface area contributed by atoms with E-state index >= 15 is 0 Å². The van der Waals surface area contributed by atoms with Gasteiger partial charge in [-0.1, -0.05) is 6.92 Å². The van der Waals surface area contributed by atoms with Gasteiger partial charge in [0.1, 0.15) is 5.60 Å². The van der Waals surface area contributed by atoms with Crippen LogP contribution in [-0.4, -0.2) is 54.7 Å². The minimum Gasteiger partial charge on any atom is -0.444 e. The van der Waals surface area contributed by atoms with E-state index in [4.69, 9.17) is 4.74 Å². The third kappa shape index (κ3) is 8.21. The van der Waals surface area contributed by atoms with Gasteiger partial charge in [-0.05, 0) is 46.5 Å². The lowest BCUT2D eigenvalue weighted by Gasteiger charge is -2.36. The SMILES string of the molecule is CCCNC(=O)CCNCC1CCCCN1C(=O)OC(C)(C)C. The van der Waals surface area contributed by atoms with Gasteiger partial charge in [0.25, 0.3) is 0 Å². The molecule has 0 saturated carbocycles. The topological polar surface area (TPSA) is 70.7 Å². The number of piperidine rings is 1. The molecular formula is C17H33N3O3. The normalized spacial score (nSPS) is 18.6. The highest BCUT2D eigenvalue weighted by atomic mass is 16.6. The Morgan fingerprint density at radius 3 is 2.61 bits per heavy atom. The Labute approximate surface area is 140 Å². The van der Waals surface area contributed by atoms with E-state index in [1.54, 1.807) is 0 Å². The van der Waals surface area contributed by atoms with E-state index < -0.39 is 5.60 Å². The molecule has 0 aromatic rings. The maximum absolute atomic E-state index is 12.3. The molecule has 23 heavy (non-hydrogen) atoms. The molecule has 1 saturated heterocycles. The maximum Gasteiger partial charge on any atom is 0.410 e. The van der Waals surface area contributed by atoms with Crippen molar-refractivity contribution in [3.63, 3.8) is 0 Å². The lowest BCUT2D eigenvalue weighted by atomic mass is 10.0. The van der Waals surface area contributed by atoms with E-state index in [2.05, 4.69) is 10.6 Å². The van der Waals surface area contributed by atoms with Gasteiger partial charge in [0, 0.05) is 38.6 Å². The standard InChI is InChI=1S/C17H33N3O3/c1-5-10-19-15(21)9-11-18-13-14-8-6-7-12-20(14)16(22)23-17(2,3)4/h14,18H,5-13H2,1-4H3,(H,19,21). The number of ether oxygens (including phenoxy) is 1. The minimum absolute atomic E-state index is 0.0759. The second-order valence-electron chi connectivity index (χ2n) is 7.13. The minimum atomic E-state index is -0.468. The number of hydrogen-bond acceptors (Lipinski definition) is 4. The fraction of sp³-hybridized carbons (Fsp3) is 0.882. The van der Waals surface area contributed by atoms with Crippen LogP contribution in [0.2, 0.25) is 0 Å². The number of nitrogens with zero attached hydrogens (tertiary/aromatic N) is 1. The van der Waals surface area contributed by atoms with Crippen LogP contribution in [0.1, 0.15) is 59.8 Å². The Balaban J connectivity index is 2.35. The zero-order chi connectivity index (χ0) is 17.3. The molecule has 6 heteroatoms. The van der Waals surface area contributed by atoms with E-state index in [9.17, 15) is 9.59 Å². The summed E-state index contributed by atoms with van der Waals surface area (Å²) in [5, 5.41) is 6.16. The Bertz CT molecular complexity index is 380. The van der Waals surface area contributed by atoms with Crippen LogP contribution < -0.4 is 10.6 Å². The van der Waals surface area contributed by atoms with E-state index in [0.717, 1.165) is 38.8 Å². The first-order valence-electron chi connectivity index (χ1n) is 8.80. The van der Waals surface area contributed by atoms with Crippen LogP contribution in [0.3, 0.4) is 0 Å². The van der Waals surface area contributed by atoms with E-state index in [0.29, 0.717) is 19.5 Å². The third-order valence-electron chi connectivity index (χ3n) is 3.74. The average molecular weight is 327 g/mol. The summed E-state index contributed by atoms with van der Waals surface area (Å²) in [6.45, 7) is 10.5. The molecule has 1 unspecified atom stereocenters. The van der Waals surface area contributed by atoms with Gasteiger partial charge < -0.3 is 20.3 Å². The summed E-state index contributed by atoms with van der Waals surface area (Å²) in [5.41, 5.74) is -0.468. The molecule has 1 fully saturated rings. The Morgan fingerprint density at radius 2 is 1.96 bits per heavy atom. The molecule has 1 aliphatic heterocycles. The number of likely N-dealkylation sites (tertiary alicyclic amines) is 1. The van der Waals surface area contributed by atoms with Gasteiger partial charge in [-0.3, -0.25) is 4.79 Å². The summed E-state index contributed by atoms with van der Waals surface area (Å²) in [6.07, 6.45) is 4.32. The predicted octanol–water partition coefficient (Wildman–Crippen LogP) is 2.28. The summed E-state index contributed by atoms with van der Waals surface area (Å²) in [6, 6.07) is 0.150. The van der Waals surface area contributed by atoms with Gasteiger partial charge in [-0.2, -0.15) is 0 Å². The first-order valence-corrected chi connectivity index (χ1v) is 8.80. The predicted molar refractivity (Wildman–Crippen MR) is 91.4 cm³/mol. The molecule has 0 spiro atoms. The fourth-order valence-electron chi connectivity index (χ4n) is 2.60. The molecule has 0 aromatic heterocycles. The van der Waals surface area contributed by atoms with Crippen molar-refractivity contribution in [3.05, 3.63) is 0 Å². The largest absolute Gasteiger partial charge is 0.444 e. The van der Waals surface area contributed by atoms with Crippen molar-refractivity contribution in [1.29, 1.82) is 0 Å². The smallest absolute Gasteiger partial charge is 0.410 e. The van der Waals surface area contributed by atoms with Crippen molar-refractivity contribution in [2.75, 3.05) is 26.2 Å². The second-order valence-corrected chi connectivity index (χ2v) is 7.13. The number of carbonyl (C=O) groups excluding carboxylic acids is 2. The lowest BCUT2D eigenvalue weighted by Crippen LogP contribution is -2.50. The van der Waals surface area contributed by atoms with Crippen LogP contribution >= 0.6 is 0 Å². The van der Waals surface area contributed by atoms with Gasteiger partial charge in [0.15, 0.2) is 0 Å². The summed E-state index contributed by atoms with van der Waals surface area (Å²) in [7, 11) is 0. The highest BCUT2D eigenvalue weighted by Gasteiger charge is 2.30. The zero-order valence-electron chi connectivity index (χ0n) is 15.1. The van der Waals surface area contributed by atoms with Crippen LogP contribution in [0.4, 0.5) is 4.79 Å². The van der Waals surface area contributed by atoms with Crippen molar-refractivity contribution >= 4 is 12.0 Å². The summed E-state index contributed by atoms with van der Waals surface area (Å²) in [4.78, 5) is 25.7. The van der Waals surface area contributed by atoms with Gasteiger partial charge in [-0.15, -0.1) is 0 Å². The molecule has 1 atom stereocenters. The molecule has 2 amide bonds. The Kier molecular flexibility index (Phi) is 8.37. The second kappa shape index (κ2) is 9.75. The van der Waals surface area contributed by atoms with Crippen LogP contribution in [0, 0.1) is 0 Å². The number of nitrogens with one attached hydrogen (secondary N) is 2. The molecule has 0 bridgehead atoms. The van der Waals surface area contributed by atoms with Gasteiger partial charge in [0.05, 0.1) is 0 Å². The molecule has 1 rings (SSSR count). The molecule has 1 heterocycles. The number of amides is 2. The first kappa shape index (κ1) is 19.7. The molecule has 0 radical (unpaired) electrons. The zero-order valence-corrected chi connectivity index (χ0v) is 15.1. The first-order chi connectivity index (χ1) is 10.8. The summed E-state index contributed by atoms with van der Waals surface area (Å²) in [5.74, 6) is 0.0759. The lowest BCUT2D eigenvalue weighted by molar-refractivity contribution is -0.121. The van der Waals surface area contributed by atoms with Crippen molar-refractivity contribution in [1.82, 2.24) is 15.5 Å². The van der Waals surface area contributed by atoms with Crippen molar-refractivity contribution in [3.8, 4) is 0 Å². The van der Waals surface area contributed by atoms with Crippen LogP contribution in [0.5, 0.6) is 0 Å². The summed E-state index contributed by atoms with van der Waals surface area (Å²) >= 11 is 0. The molecule has 2 N–H and O–H groups in total. The molecule has 0 aromatic carbocycles. The molecule has 1 aliphatic rings. The van der Waals surface area contributed by atoms with Gasteiger partial charge in [0.2, 0.25) is 5.91 Å². The van der Waals surface area contributed by atoms with E-state index in [1.807, 2.05) is 32.6 Å². The van der Waals surface area contributed by atoms with Crippen LogP contribution in [-0.2, 0) is 9.53 Å². The highest BCUT2D eigenvalue weighted by molar-refractivity contribution is 5.76. The van der Waals surface area contributed by atoms with E-state index in [-0.39, 0.29) is 18.0 Å². The third-order valence-corrected chi connectivity index (χ3v) is 3.74. The van der Waals surface area contributed by atoms with Crippen LogP contribution in [0.15, 0.2) is 0 Å². The van der Waals surface area contributed by atoms with Crippen molar-refractivity contribution < 1.29 is 14.3 Å². The van der Waals surface area contributed by atoms with Crippen molar-refractivity contribution in [2.45, 2.75) is 71.4 Å². The number of hydrogen-bond donors (Lipinski definition) is 2. The monoisotopic (exact) mass is 327 g/mol. The van der Waals surface area contributed by atoms with Gasteiger partial charge in [-0.25, -0.2) is 4.79 Å². The molecule has 134 valence electrons. The molecule has 6 nitrogen and oxygen atoms in total. The Hall–Kier alpha value is -1.30. The highest BCUT2D eigenvalue weighted by Crippen LogP contribution is 2.20. The Morgan fingerprint density at radius 1 is 1.22 bits per heavy atom. The number of rotatable bonds is 7. The average Bonchev–Trinajstić information content (AvgIpc) is 2.48. The quantitative estimate of drug-likeness (QED) is 0.704. The van der Waals surface area contributed by atoms with Crippen LogP contribution in [0.25, 0.3) is 0 Å². The summed E-state index contributed by atoms with van der Waals surface area (Å²) < 4.78 is 5.49. The van der Waals surface area contributed by atoms with E-state index in [1.165, 1.54) is 0 Å². The number of carbonyl (C=O) groups is 2. The van der Waals surface area contributed by atoms with Gasteiger partial charge >= 0.3 is 6.09 Å². The molecular weight excluding hydrogens is 294 g/mol. The maximum atomic E-state index is 12.3. The fourth-order valence-corrected chi connectivity index (χ4v) is 2.60. The molecule has 0 aliphatic carbocycles. The van der Waals surface area contributed by atoms with Crippen molar-refractivity contribution in [2.24, 2.45) is 0 Å².